The van der Waals surface area contributed by atoms with Crippen LogP contribution in [0.25, 0.3) is 0 Å². The van der Waals surface area contributed by atoms with Crippen molar-refractivity contribution in [2.75, 3.05) is 4.90 Å². The fourth-order valence-corrected chi connectivity index (χ4v) is 3.86. The highest BCUT2D eigenvalue weighted by Gasteiger charge is 2.37. The molecule has 2 heterocycles. The molecule has 0 bridgehead atoms. The molecule has 4 rings (SSSR count). The number of hydrogen-bond donors (Lipinski definition) is 1. The van der Waals surface area contributed by atoms with Crippen LogP contribution in [0.5, 0.6) is 0 Å². The second-order valence-electron chi connectivity index (χ2n) is 7.38. The molecule has 4 aromatic rings. The van der Waals surface area contributed by atoms with Gasteiger partial charge in [-0.2, -0.15) is 0 Å². The molecule has 0 aliphatic heterocycles. The third-order valence-electron chi connectivity index (χ3n) is 5.05. The molecule has 8 heteroatoms. The molecule has 2 aromatic carbocycles. The Bertz CT molecular complexity index is 1190. The summed E-state index contributed by atoms with van der Waals surface area (Å²) in [5, 5.41) is 8.46. The second-order valence-corrected chi connectivity index (χ2v) is 7.99. The molecule has 2 aromatic heterocycles. The van der Waals surface area contributed by atoms with Gasteiger partial charge in [0.1, 0.15) is 5.76 Å². The molecule has 0 spiro atoms. The first-order chi connectivity index (χ1) is 15.5. The summed E-state index contributed by atoms with van der Waals surface area (Å²) in [6, 6.07) is 17.7. The van der Waals surface area contributed by atoms with Crippen LogP contribution in [0.15, 0.2) is 76.7 Å². The number of anilines is 1. The van der Waals surface area contributed by atoms with Crippen LogP contribution in [-0.4, -0.2) is 21.4 Å². The van der Waals surface area contributed by atoms with Gasteiger partial charge in [-0.25, -0.2) is 0 Å². The van der Waals surface area contributed by atoms with E-state index >= 15 is 0 Å². The highest BCUT2D eigenvalue weighted by molar-refractivity contribution is 7.03. The van der Waals surface area contributed by atoms with Gasteiger partial charge in [0.05, 0.1) is 6.26 Å². The number of nitrogens with one attached hydrogen (secondary N) is 1. The molecular formula is C24H22N4O3S. The Labute approximate surface area is 189 Å². The van der Waals surface area contributed by atoms with E-state index in [2.05, 4.69) is 14.9 Å². The van der Waals surface area contributed by atoms with Crippen LogP contribution in [0.3, 0.4) is 0 Å². The minimum absolute atomic E-state index is 0.170. The number of hydrogen-bond acceptors (Lipinski definition) is 6. The monoisotopic (exact) mass is 446 g/mol. The average Bonchev–Trinajstić information content (AvgIpc) is 3.52. The van der Waals surface area contributed by atoms with E-state index in [-0.39, 0.29) is 11.6 Å². The van der Waals surface area contributed by atoms with Crippen LogP contribution in [0, 0.1) is 13.8 Å². The lowest BCUT2D eigenvalue weighted by Crippen LogP contribution is -2.44. The zero-order valence-electron chi connectivity index (χ0n) is 17.7. The molecule has 2 amide bonds. The van der Waals surface area contributed by atoms with Crippen molar-refractivity contribution in [2.24, 2.45) is 0 Å². The van der Waals surface area contributed by atoms with Crippen molar-refractivity contribution in [3.63, 3.8) is 0 Å². The van der Waals surface area contributed by atoms with E-state index in [1.807, 2.05) is 62.4 Å². The van der Waals surface area contributed by atoms with Crippen molar-refractivity contribution >= 4 is 29.0 Å². The van der Waals surface area contributed by atoms with E-state index in [0.717, 1.165) is 28.2 Å². The predicted molar refractivity (Wildman–Crippen MR) is 122 cm³/mol. The van der Waals surface area contributed by atoms with Gasteiger partial charge in [0, 0.05) is 17.6 Å². The van der Waals surface area contributed by atoms with Crippen LogP contribution >= 0.6 is 11.5 Å². The summed E-state index contributed by atoms with van der Waals surface area (Å²) >= 11 is 1.08. The van der Waals surface area contributed by atoms with E-state index in [1.165, 1.54) is 11.2 Å². The molecule has 1 unspecified atom stereocenters. The van der Waals surface area contributed by atoms with Gasteiger partial charge in [0.25, 0.3) is 11.8 Å². The lowest BCUT2D eigenvalue weighted by Gasteiger charge is -2.30. The minimum Gasteiger partial charge on any atom is -0.467 e. The number of furan rings is 1. The highest BCUT2D eigenvalue weighted by atomic mass is 32.1. The lowest BCUT2D eigenvalue weighted by atomic mass is 10.0. The number of rotatable bonds is 7. The van der Waals surface area contributed by atoms with Crippen LogP contribution in [0.4, 0.5) is 5.69 Å². The molecule has 0 saturated heterocycles. The summed E-state index contributed by atoms with van der Waals surface area (Å²) in [6.07, 6.45) is 1.49. The van der Waals surface area contributed by atoms with Crippen LogP contribution in [-0.2, 0) is 11.3 Å². The average molecular weight is 447 g/mol. The summed E-state index contributed by atoms with van der Waals surface area (Å²) in [6.45, 7) is 4.16. The molecule has 7 nitrogen and oxygen atoms in total. The molecule has 0 radical (unpaired) electrons. The summed E-state index contributed by atoms with van der Waals surface area (Å²) in [7, 11) is 0. The minimum atomic E-state index is -1.02. The second kappa shape index (κ2) is 9.57. The van der Waals surface area contributed by atoms with Crippen molar-refractivity contribution < 1.29 is 14.0 Å². The number of aryl methyl sites for hydroxylation is 2. The lowest BCUT2D eigenvalue weighted by molar-refractivity contribution is -0.123. The zero-order chi connectivity index (χ0) is 22.5. The SMILES string of the molecule is Cc1ccc(C)c(N(C(=O)c2csnn2)C(C(=O)NCc2ccccc2)c2ccco2)c1. The first kappa shape index (κ1) is 21.5. The number of nitrogens with zero attached hydrogens (tertiary/aromatic N) is 3. The Morgan fingerprint density at radius 1 is 1.09 bits per heavy atom. The highest BCUT2D eigenvalue weighted by Crippen LogP contribution is 2.33. The van der Waals surface area contributed by atoms with E-state index < -0.39 is 11.9 Å². The van der Waals surface area contributed by atoms with Gasteiger partial charge in [0.15, 0.2) is 11.7 Å². The molecule has 0 aliphatic rings. The summed E-state index contributed by atoms with van der Waals surface area (Å²) in [5.74, 6) is -0.432. The number of carbonyl (C=O) groups excluding carboxylic acids is 2. The maximum absolute atomic E-state index is 13.6. The Kier molecular flexibility index (Phi) is 6.42. The van der Waals surface area contributed by atoms with E-state index in [9.17, 15) is 9.59 Å². The van der Waals surface area contributed by atoms with Crippen LogP contribution in [0.2, 0.25) is 0 Å². The van der Waals surface area contributed by atoms with Crippen molar-refractivity contribution in [1.82, 2.24) is 14.9 Å². The Morgan fingerprint density at radius 3 is 2.59 bits per heavy atom. The summed E-state index contributed by atoms with van der Waals surface area (Å²) in [5.41, 5.74) is 3.54. The summed E-state index contributed by atoms with van der Waals surface area (Å²) in [4.78, 5) is 28.5. The van der Waals surface area contributed by atoms with E-state index in [0.29, 0.717) is 18.0 Å². The van der Waals surface area contributed by atoms with Crippen molar-refractivity contribution in [1.29, 1.82) is 0 Å². The number of carbonyl (C=O) groups is 2. The van der Waals surface area contributed by atoms with Crippen LogP contribution in [0.1, 0.15) is 39.0 Å². The smallest absolute Gasteiger partial charge is 0.280 e. The molecule has 1 N–H and O–H groups in total. The Hall–Kier alpha value is -3.78. The van der Waals surface area contributed by atoms with Gasteiger partial charge in [0.2, 0.25) is 0 Å². The summed E-state index contributed by atoms with van der Waals surface area (Å²) < 4.78 is 9.44. The van der Waals surface area contributed by atoms with Gasteiger partial charge in [-0.1, -0.05) is 47.0 Å². The van der Waals surface area contributed by atoms with E-state index in [1.54, 1.807) is 17.5 Å². The van der Waals surface area contributed by atoms with E-state index in [4.69, 9.17) is 4.42 Å². The zero-order valence-corrected chi connectivity index (χ0v) is 18.5. The largest absolute Gasteiger partial charge is 0.467 e. The molecular weight excluding hydrogens is 424 g/mol. The fourth-order valence-electron chi connectivity index (χ4n) is 3.43. The van der Waals surface area contributed by atoms with Gasteiger partial charge >= 0.3 is 0 Å². The quantitative estimate of drug-likeness (QED) is 0.453. The Balaban J connectivity index is 1.77. The van der Waals surface area contributed by atoms with Gasteiger partial charge < -0.3 is 9.73 Å². The first-order valence-electron chi connectivity index (χ1n) is 10.1. The van der Waals surface area contributed by atoms with Gasteiger partial charge in [-0.05, 0) is 60.3 Å². The third kappa shape index (κ3) is 4.60. The molecule has 0 aliphatic carbocycles. The van der Waals surface area contributed by atoms with Crippen LogP contribution < -0.4 is 10.2 Å². The fraction of sp³-hybridized carbons (Fsp3) is 0.167. The van der Waals surface area contributed by atoms with Crippen molar-refractivity contribution in [3.8, 4) is 0 Å². The molecule has 32 heavy (non-hydrogen) atoms. The van der Waals surface area contributed by atoms with Gasteiger partial charge in [-0.15, -0.1) is 5.10 Å². The van der Waals surface area contributed by atoms with Gasteiger partial charge in [-0.3, -0.25) is 14.5 Å². The molecule has 0 fully saturated rings. The predicted octanol–water partition coefficient (Wildman–Crippen LogP) is 4.45. The van der Waals surface area contributed by atoms with Crippen molar-refractivity contribution in [2.45, 2.75) is 26.4 Å². The first-order valence-corrected chi connectivity index (χ1v) is 10.9. The normalized spacial score (nSPS) is 11.7. The molecule has 162 valence electrons. The maximum atomic E-state index is 13.6. The van der Waals surface area contributed by atoms with Crippen molar-refractivity contribution in [3.05, 3.63) is 100 Å². The molecule has 0 saturated carbocycles. The topological polar surface area (TPSA) is 88.3 Å². The Morgan fingerprint density at radius 2 is 1.91 bits per heavy atom. The standard InChI is InChI=1S/C24H22N4O3S/c1-16-10-11-17(2)20(13-16)28(24(30)19-15-32-27-26-19)22(21-9-6-12-31-21)23(29)25-14-18-7-4-3-5-8-18/h3-13,15,22H,14H2,1-2H3,(H,25,29). The number of amides is 2. The third-order valence-corrected chi connectivity index (χ3v) is 5.56. The number of benzene rings is 2. The maximum Gasteiger partial charge on any atom is 0.280 e. The number of aromatic nitrogens is 2. The molecule has 1 atom stereocenters.